The van der Waals surface area contributed by atoms with Crippen LogP contribution in [0.15, 0.2) is 70.9 Å². The van der Waals surface area contributed by atoms with Crippen molar-refractivity contribution in [1.29, 1.82) is 0 Å². The van der Waals surface area contributed by atoms with E-state index in [1.54, 1.807) is 17.5 Å². The smallest absolute Gasteiger partial charge is 0.339 e. The van der Waals surface area contributed by atoms with Crippen LogP contribution in [0.25, 0.3) is 0 Å². The van der Waals surface area contributed by atoms with Gasteiger partial charge in [0.1, 0.15) is 5.00 Å². The maximum absolute atomic E-state index is 12.5. The highest BCUT2D eigenvalue weighted by Crippen LogP contribution is 2.39. The lowest BCUT2D eigenvalue weighted by molar-refractivity contribution is 0.0597. The van der Waals surface area contributed by atoms with Crippen molar-refractivity contribution in [3.8, 4) is 0 Å². The highest BCUT2D eigenvalue weighted by Gasteiger charge is 2.20. The topological polar surface area (TPSA) is 55.4 Å². The van der Waals surface area contributed by atoms with Gasteiger partial charge in [-0.1, -0.05) is 48.5 Å². The Morgan fingerprint density at radius 3 is 2.35 bits per heavy atom. The lowest BCUT2D eigenvalue weighted by Crippen LogP contribution is -2.11. The average Bonchev–Trinajstić information content (AvgIpc) is 3.09. The van der Waals surface area contributed by atoms with Gasteiger partial charge in [-0.2, -0.15) is 0 Å². The Labute approximate surface area is 160 Å². The van der Waals surface area contributed by atoms with E-state index in [9.17, 15) is 9.59 Å². The molecule has 1 amide bonds. The third-order valence-corrected chi connectivity index (χ3v) is 5.85. The maximum atomic E-state index is 12.5. The molecule has 0 aliphatic heterocycles. The summed E-state index contributed by atoms with van der Waals surface area (Å²) in [5.74, 6) is 0.0814. The molecule has 0 fully saturated rings. The molecule has 0 unspecified atom stereocenters. The van der Waals surface area contributed by atoms with Gasteiger partial charge in [0.05, 0.1) is 17.6 Å². The minimum Gasteiger partial charge on any atom is -0.465 e. The summed E-state index contributed by atoms with van der Waals surface area (Å²) in [4.78, 5) is 25.3. The standard InChI is InChI=1S/C20H17NO3S2/c1-24-20(23)16-13-26-19(21-18(22)15-10-6-3-7-11-15)17(16)25-12-14-8-4-2-5-9-14/h2-11,13H,12H2,1H3,(H,21,22). The van der Waals surface area contributed by atoms with Crippen molar-refractivity contribution < 1.29 is 14.3 Å². The molecule has 0 aliphatic rings. The van der Waals surface area contributed by atoms with E-state index in [1.807, 2.05) is 48.5 Å². The van der Waals surface area contributed by atoms with E-state index in [1.165, 1.54) is 30.2 Å². The highest BCUT2D eigenvalue weighted by molar-refractivity contribution is 7.99. The van der Waals surface area contributed by atoms with Crippen LogP contribution in [0.3, 0.4) is 0 Å². The second-order valence-corrected chi connectivity index (χ2v) is 7.26. The van der Waals surface area contributed by atoms with Crippen LogP contribution >= 0.6 is 23.1 Å². The van der Waals surface area contributed by atoms with E-state index in [4.69, 9.17) is 4.74 Å². The first kappa shape index (κ1) is 18.2. The van der Waals surface area contributed by atoms with Crippen LogP contribution in [0.5, 0.6) is 0 Å². The van der Waals surface area contributed by atoms with E-state index < -0.39 is 5.97 Å². The summed E-state index contributed by atoms with van der Waals surface area (Å²) in [5.41, 5.74) is 2.18. The summed E-state index contributed by atoms with van der Waals surface area (Å²) in [6, 6.07) is 19.0. The first-order valence-corrected chi connectivity index (χ1v) is 9.78. The number of carbonyl (C=O) groups is 2. The normalized spacial score (nSPS) is 10.3. The van der Waals surface area contributed by atoms with Crippen molar-refractivity contribution in [3.63, 3.8) is 0 Å². The van der Waals surface area contributed by atoms with E-state index in [-0.39, 0.29) is 5.91 Å². The average molecular weight is 383 g/mol. The number of benzene rings is 2. The number of hydrogen-bond donors (Lipinski definition) is 1. The monoisotopic (exact) mass is 383 g/mol. The van der Waals surface area contributed by atoms with E-state index in [0.29, 0.717) is 21.9 Å². The van der Waals surface area contributed by atoms with Gasteiger partial charge in [0, 0.05) is 16.7 Å². The summed E-state index contributed by atoms with van der Waals surface area (Å²) in [5, 5.41) is 5.29. The molecule has 0 saturated carbocycles. The van der Waals surface area contributed by atoms with Gasteiger partial charge in [0.2, 0.25) is 0 Å². The Morgan fingerprint density at radius 1 is 1.04 bits per heavy atom. The third-order valence-electron chi connectivity index (χ3n) is 3.64. The summed E-state index contributed by atoms with van der Waals surface area (Å²) in [7, 11) is 1.36. The van der Waals surface area contributed by atoms with Crippen molar-refractivity contribution in [2.24, 2.45) is 0 Å². The summed E-state index contributed by atoms with van der Waals surface area (Å²) in [6.45, 7) is 0. The van der Waals surface area contributed by atoms with Crippen molar-refractivity contribution in [2.45, 2.75) is 10.6 Å². The van der Waals surface area contributed by atoms with E-state index in [2.05, 4.69) is 5.32 Å². The Bertz CT molecular complexity index is 892. The second-order valence-electron chi connectivity index (χ2n) is 5.39. The molecule has 132 valence electrons. The van der Waals surface area contributed by atoms with E-state index in [0.717, 1.165) is 10.5 Å². The fourth-order valence-electron chi connectivity index (χ4n) is 2.32. The molecular formula is C20H17NO3S2. The molecule has 0 atom stereocenters. The minimum absolute atomic E-state index is 0.203. The summed E-state index contributed by atoms with van der Waals surface area (Å²) in [6.07, 6.45) is 0. The largest absolute Gasteiger partial charge is 0.465 e. The van der Waals surface area contributed by atoms with Crippen molar-refractivity contribution in [2.75, 3.05) is 12.4 Å². The zero-order chi connectivity index (χ0) is 18.4. The Morgan fingerprint density at radius 2 is 1.69 bits per heavy atom. The molecule has 4 nitrogen and oxygen atoms in total. The maximum Gasteiger partial charge on any atom is 0.339 e. The molecule has 2 aromatic carbocycles. The molecule has 1 heterocycles. The Hall–Kier alpha value is -2.57. The highest BCUT2D eigenvalue weighted by atomic mass is 32.2. The van der Waals surface area contributed by atoms with Gasteiger partial charge in [0.15, 0.2) is 0 Å². The predicted octanol–water partition coefficient (Wildman–Crippen LogP) is 5.08. The van der Waals surface area contributed by atoms with Gasteiger partial charge < -0.3 is 10.1 Å². The molecular weight excluding hydrogens is 366 g/mol. The van der Waals surface area contributed by atoms with Gasteiger partial charge in [-0.3, -0.25) is 4.79 Å². The minimum atomic E-state index is -0.406. The van der Waals surface area contributed by atoms with Crippen LogP contribution in [-0.4, -0.2) is 19.0 Å². The van der Waals surface area contributed by atoms with Crippen LogP contribution in [0, 0.1) is 0 Å². The molecule has 3 aromatic rings. The molecule has 1 aromatic heterocycles. The molecule has 6 heteroatoms. The first-order valence-electron chi connectivity index (χ1n) is 7.92. The molecule has 1 N–H and O–H groups in total. The fourth-order valence-corrected chi connectivity index (χ4v) is 4.52. The second kappa shape index (κ2) is 8.69. The quantitative estimate of drug-likeness (QED) is 0.476. The van der Waals surface area contributed by atoms with Crippen molar-refractivity contribution in [3.05, 3.63) is 82.7 Å². The molecule has 0 saturated heterocycles. The van der Waals surface area contributed by atoms with Crippen LogP contribution in [0.1, 0.15) is 26.3 Å². The van der Waals surface area contributed by atoms with Crippen LogP contribution in [-0.2, 0) is 10.5 Å². The number of anilines is 1. The fraction of sp³-hybridized carbons (Fsp3) is 0.100. The van der Waals surface area contributed by atoms with Gasteiger partial charge in [-0.15, -0.1) is 23.1 Å². The zero-order valence-electron chi connectivity index (χ0n) is 14.1. The lowest BCUT2D eigenvalue weighted by atomic mass is 10.2. The number of ether oxygens (including phenoxy) is 1. The number of thioether (sulfide) groups is 1. The first-order chi connectivity index (χ1) is 12.7. The SMILES string of the molecule is COC(=O)c1csc(NC(=O)c2ccccc2)c1SCc1ccccc1. The molecule has 26 heavy (non-hydrogen) atoms. The number of thiophene rings is 1. The van der Waals surface area contributed by atoms with Gasteiger partial charge in [0.25, 0.3) is 5.91 Å². The molecule has 0 bridgehead atoms. The summed E-state index contributed by atoms with van der Waals surface area (Å²) < 4.78 is 4.87. The van der Waals surface area contributed by atoms with Gasteiger partial charge in [-0.25, -0.2) is 4.79 Å². The number of hydrogen-bond acceptors (Lipinski definition) is 5. The van der Waals surface area contributed by atoms with Crippen LogP contribution in [0.4, 0.5) is 5.00 Å². The molecule has 0 spiro atoms. The number of nitrogens with one attached hydrogen (secondary N) is 1. The molecule has 3 rings (SSSR count). The van der Waals surface area contributed by atoms with Crippen molar-refractivity contribution in [1.82, 2.24) is 0 Å². The molecule has 0 aliphatic carbocycles. The summed E-state index contributed by atoms with van der Waals surface area (Å²) >= 11 is 2.83. The number of methoxy groups -OCH3 is 1. The lowest BCUT2D eigenvalue weighted by Gasteiger charge is -2.08. The molecule has 0 radical (unpaired) electrons. The van der Waals surface area contributed by atoms with Crippen LogP contribution < -0.4 is 5.32 Å². The number of esters is 1. The van der Waals surface area contributed by atoms with E-state index >= 15 is 0 Å². The Kier molecular flexibility index (Phi) is 6.09. The van der Waals surface area contributed by atoms with Crippen LogP contribution in [0.2, 0.25) is 0 Å². The van der Waals surface area contributed by atoms with Crippen molar-refractivity contribution >= 4 is 40.0 Å². The van der Waals surface area contributed by atoms with Gasteiger partial charge >= 0.3 is 5.97 Å². The van der Waals surface area contributed by atoms with Gasteiger partial charge in [-0.05, 0) is 17.7 Å². The number of rotatable bonds is 6. The predicted molar refractivity (Wildman–Crippen MR) is 106 cm³/mol. The Balaban J connectivity index is 1.83. The third kappa shape index (κ3) is 4.33. The number of carbonyl (C=O) groups excluding carboxylic acids is 2. The number of amides is 1. The zero-order valence-corrected chi connectivity index (χ0v) is 15.7.